The summed E-state index contributed by atoms with van der Waals surface area (Å²) < 4.78 is 5.08. The van der Waals surface area contributed by atoms with Gasteiger partial charge in [0.2, 0.25) is 11.7 Å². The first-order chi connectivity index (χ1) is 15.5. The fraction of sp³-hybridized carbons (Fsp3) is 0.346. The van der Waals surface area contributed by atoms with Crippen LogP contribution in [0.3, 0.4) is 0 Å². The van der Waals surface area contributed by atoms with Gasteiger partial charge < -0.3 is 4.52 Å². The molecular weight excluding hydrogens is 398 g/mol. The van der Waals surface area contributed by atoms with Crippen molar-refractivity contribution in [3.8, 4) is 22.5 Å². The first kappa shape index (κ1) is 20.6. The number of rotatable bonds is 7. The minimum Gasteiger partial charge on any atom is -0.339 e. The van der Waals surface area contributed by atoms with Gasteiger partial charge in [0, 0.05) is 42.4 Å². The summed E-state index contributed by atoms with van der Waals surface area (Å²) in [4.78, 5) is 6.92. The van der Waals surface area contributed by atoms with Crippen LogP contribution >= 0.6 is 0 Å². The van der Waals surface area contributed by atoms with Gasteiger partial charge in [-0.3, -0.25) is 10.00 Å². The van der Waals surface area contributed by atoms with E-state index in [1.807, 2.05) is 12.1 Å². The summed E-state index contributed by atoms with van der Waals surface area (Å²) in [7, 11) is 0. The molecule has 0 bridgehead atoms. The summed E-state index contributed by atoms with van der Waals surface area (Å²) in [5, 5.41) is 11.6. The molecule has 1 atom stereocenters. The van der Waals surface area contributed by atoms with Crippen molar-refractivity contribution in [2.75, 3.05) is 0 Å². The first-order valence-corrected chi connectivity index (χ1v) is 11.3. The zero-order valence-corrected chi connectivity index (χ0v) is 19.1. The van der Waals surface area contributed by atoms with Crippen molar-refractivity contribution in [2.24, 2.45) is 0 Å². The summed E-state index contributed by atoms with van der Waals surface area (Å²) >= 11 is 0. The van der Waals surface area contributed by atoms with Crippen LogP contribution in [-0.2, 0) is 6.54 Å². The Bertz CT molecular complexity index is 1180. The lowest BCUT2D eigenvalue weighted by molar-refractivity contribution is 0.189. The highest BCUT2D eigenvalue weighted by atomic mass is 16.5. The summed E-state index contributed by atoms with van der Waals surface area (Å²) in [5.74, 6) is 1.20. The largest absolute Gasteiger partial charge is 0.339 e. The monoisotopic (exact) mass is 427 g/mol. The van der Waals surface area contributed by atoms with Gasteiger partial charge in [-0.05, 0) is 50.3 Å². The van der Waals surface area contributed by atoms with E-state index in [1.54, 1.807) is 6.92 Å². The predicted molar refractivity (Wildman–Crippen MR) is 125 cm³/mol. The van der Waals surface area contributed by atoms with Crippen LogP contribution in [0, 0.1) is 20.8 Å². The maximum absolute atomic E-state index is 5.08. The minimum atomic E-state index is 0.349. The number of nitrogens with zero attached hydrogens (tertiary/aromatic N) is 4. The lowest BCUT2D eigenvalue weighted by Gasteiger charge is -2.30. The second-order valence-corrected chi connectivity index (χ2v) is 8.84. The van der Waals surface area contributed by atoms with Crippen LogP contribution in [0.25, 0.3) is 22.5 Å². The SMILES string of the molecule is Cc1nc(-c2ccc(-c3ccc(CN(C4CC4)C(C)c4c(C)n[nH]c4C)cc3)cc2)no1. The van der Waals surface area contributed by atoms with Crippen molar-refractivity contribution in [3.63, 3.8) is 0 Å². The smallest absolute Gasteiger partial charge is 0.223 e. The summed E-state index contributed by atoms with van der Waals surface area (Å²) in [6.07, 6.45) is 2.56. The third-order valence-corrected chi connectivity index (χ3v) is 6.44. The lowest BCUT2D eigenvalue weighted by Crippen LogP contribution is -2.29. The van der Waals surface area contributed by atoms with Gasteiger partial charge in [0.25, 0.3) is 0 Å². The number of H-pyrrole nitrogens is 1. The van der Waals surface area contributed by atoms with Gasteiger partial charge in [0.1, 0.15) is 0 Å². The Morgan fingerprint density at radius 1 is 0.969 bits per heavy atom. The van der Waals surface area contributed by atoms with Crippen molar-refractivity contribution in [1.29, 1.82) is 0 Å². The van der Waals surface area contributed by atoms with Gasteiger partial charge in [-0.25, -0.2) is 0 Å². The Hall–Kier alpha value is -3.25. The minimum absolute atomic E-state index is 0.349. The van der Waals surface area contributed by atoms with Crippen LogP contribution in [-0.4, -0.2) is 31.3 Å². The van der Waals surface area contributed by atoms with Gasteiger partial charge in [-0.15, -0.1) is 0 Å². The molecule has 1 N–H and O–H groups in total. The molecule has 1 unspecified atom stereocenters. The molecule has 2 aromatic carbocycles. The molecule has 4 aromatic rings. The first-order valence-electron chi connectivity index (χ1n) is 11.3. The van der Waals surface area contributed by atoms with E-state index in [4.69, 9.17) is 4.52 Å². The molecule has 0 spiro atoms. The second-order valence-electron chi connectivity index (χ2n) is 8.84. The molecule has 0 aliphatic heterocycles. The predicted octanol–water partition coefficient (Wildman–Crippen LogP) is 5.78. The molecule has 6 nitrogen and oxygen atoms in total. The zero-order valence-electron chi connectivity index (χ0n) is 19.1. The van der Waals surface area contributed by atoms with Crippen LogP contribution in [0.15, 0.2) is 53.1 Å². The van der Waals surface area contributed by atoms with E-state index < -0.39 is 0 Å². The number of hydrogen-bond donors (Lipinski definition) is 1. The molecule has 0 radical (unpaired) electrons. The van der Waals surface area contributed by atoms with E-state index in [2.05, 4.69) is 82.4 Å². The Labute approximate surface area is 188 Å². The molecule has 1 saturated carbocycles. The van der Waals surface area contributed by atoms with Crippen molar-refractivity contribution in [3.05, 3.63) is 76.9 Å². The number of benzene rings is 2. The zero-order chi connectivity index (χ0) is 22.2. The standard InChI is InChI=1S/C26H29N5O/c1-16-25(17(2)29-28-16)18(3)31(24-13-14-24)15-20-5-7-21(8-6-20)22-9-11-23(12-10-22)26-27-19(4)32-30-26/h5-12,18,24H,13-15H2,1-4H3,(H,28,29). The van der Waals surface area contributed by atoms with E-state index in [0.29, 0.717) is 23.8 Å². The quantitative estimate of drug-likeness (QED) is 0.405. The molecule has 6 heteroatoms. The fourth-order valence-electron chi connectivity index (χ4n) is 4.57. The number of hydrogen-bond acceptors (Lipinski definition) is 5. The fourth-order valence-corrected chi connectivity index (χ4v) is 4.57. The molecule has 1 aliphatic carbocycles. The van der Waals surface area contributed by atoms with Crippen molar-refractivity contribution in [2.45, 2.75) is 59.2 Å². The van der Waals surface area contributed by atoms with Crippen LogP contribution in [0.5, 0.6) is 0 Å². The van der Waals surface area contributed by atoms with Gasteiger partial charge >= 0.3 is 0 Å². The Morgan fingerprint density at radius 3 is 2.12 bits per heavy atom. The molecule has 0 amide bonds. The highest BCUT2D eigenvalue weighted by Gasteiger charge is 2.34. The maximum Gasteiger partial charge on any atom is 0.223 e. The topological polar surface area (TPSA) is 70.8 Å². The van der Waals surface area contributed by atoms with E-state index >= 15 is 0 Å². The van der Waals surface area contributed by atoms with Crippen LogP contribution in [0.2, 0.25) is 0 Å². The van der Waals surface area contributed by atoms with Crippen LogP contribution in [0.1, 0.15) is 54.2 Å². The molecule has 5 rings (SSSR count). The highest BCUT2D eigenvalue weighted by Crippen LogP contribution is 2.37. The Balaban J connectivity index is 1.32. The average molecular weight is 428 g/mol. The molecule has 1 aliphatic rings. The van der Waals surface area contributed by atoms with Crippen molar-refractivity contribution >= 4 is 0 Å². The summed E-state index contributed by atoms with van der Waals surface area (Å²) in [6.45, 7) is 9.28. The number of aromatic amines is 1. The van der Waals surface area contributed by atoms with Crippen molar-refractivity contribution < 1.29 is 4.52 Å². The van der Waals surface area contributed by atoms with Gasteiger partial charge in [-0.1, -0.05) is 53.7 Å². The van der Waals surface area contributed by atoms with E-state index in [1.165, 1.54) is 40.8 Å². The van der Waals surface area contributed by atoms with E-state index in [9.17, 15) is 0 Å². The molecule has 0 saturated heterocycles. The highest BCUT2D eigenvalue weighted by molar-refractivity contribution is 5.67. The van der Waals surface area contributed by atoms with Gasteiger partial charge in [0.15, 0.2) is 0 Å². The number of aryl methyl sites for hydroxylation is 3. The van der Waals surface area contributed by atoms with Crippen LogP contribution < -0.4 is 0 Å². The normalized spacial score (nSPS) is 14.8. The lowest BCUT2D eigenvalue weighted by atomic mass is 10.0. The third kappa shape index (κ3) is 4.10. The maximum atomic E-state index is 5.08. The third-order valence-electron chi connectivity index (χ3n) is 6.44. The summed E-state index contributed by atoms with van der Waals surface area (Å²) in [5.41, 5.74) is 8.30. The summed E-state index contributed by atoms with van der Waals surface area (Å²) in [6, 6.07) is 18.3. The molecular formula is C26H29N5O. The second kappa shape index (κ2) is 8.36. The number of nitrogens with one attached hydrogen (secondary N) is 1. The average Bonchev–Trinajstić information content (AvgIpc) is 3.47. The molecule has 164 valence electrons. The van der Waals surface area contributed by atoms with Crippen LogP contribution in [0.4, 0.5) is 0 Å². The van der Waals surface area contributed by atoms with E-state index in [-0.39, 0.29) is 0 Å². The van der Waals surface area contributed by atoms with Gasteiger partial charge in [0.05, 0.1) is 5.69 Å². The molecule has 2 aromatic heterocycles. The van der Waals surface area contributed by atoms with E-state index in [0.717, 1.165) is 17.8 Å². The Kier molecular flexibility index (Phi) is 5.39. The number of aromatic nitrogens is 4. The van der Waals surface area contributed by atoms with Gasteiger partial charge in [-0.2, -0.15) is 10.1 Å². The molecule has 32 heavy (non-hydrogen) atoms. The molecule has 1 fully saturated rings. The molecule has 2 heterocycles. The van der Waals surface area contributed by atoms with Crippen molar-refractivity contribution in [1.82, 2.24) is 25.2 Å². The Morgan fingerprint density at radius 2 is 1.59 bits per heavy atom.